The van der Waals surface area contributed by atoms with E-state index < -0.39 is 10.8 Å². The van der Waals surface area contributed by atoms with Crippen LogP contribution >= 0.6 is 0 Å². The summed E-state index contributed by atoms with van der Waals surface area (Å²) in [6, 6.07) is 4.50. The van der Waals surface area contributed by atoms with E-state index in [0.717, 1.165) is 24.3 Å². The molecular formula is C8H5F2NO2. The number of rotatable bonds is 2. The fourth-order valence-corrected chi connectivity index (χ4v) is 0.805. The highest BCUT2D eigenvalue weighted by Gasteiger charge is 2.05. The molecule has 0 saturated heterocycles. The topological polar surface area (TPSA) is 43.1 Å². The van der Waals surface area contributed by atoms with Crippen molar-refractivity contribution in [2.24, 2.45) is 0 Å². The molecule has 0 bridgehead atoms. The first-order chi connectivity index (χ1) is 6.15. The van der Waals surface area contributed by atoms with Gasteiger partial charge in [-0.05, 0) is 12.1 Å². The van der Waals surface area contributed by atoms with Crippen molar-refractivity contribution in [1.29, 1.82) is 0 Å². The molecule has 0 aliphatic carbocycles. The average molecular weight is 185 g/mol. The molecule has 0 saturated carbocycles. The van der Waals surface area contributed by atoms with Gasteiger partial charge in [0.05, 0.1) is 4.92 Å². The van der Waals surface area contributed by atoms with Crippen LogP contribution in [0, 0.1) is 10.1 Å². The Kier molecular flexibility index (Phi) is 2.69. The van der Waals surface area contributed by atoms with Crippen LogP contribution in [0.5, 0.6) is 0 Å². The number of hydrogen-bond donors (Lipinski definition) is 0. The normalized spacial score (nSPS) is 11.4. The van der Waals surface area contributed by atoms with Crippen LogP contribution in [0.1, 0.15) is 5.56 Å². The summed E-state index contributed by atoms with van der Waals surface area (Å²) in [5, 5.41) is 10.2. The first-order valence-corrected chi connectivity index (χ1v) is 3.36. The number of nitro groups is 1. The summed E-state index contributed by atoms with van der Waals surface area (Å²) in [6.45, 7) is 0. The van der Waals surface area contributed by atoms with Crippen LogP contribution in [-0.2, 0) is 0 Å². The van der Waals surface area contributed by atoms with Gasteiger partial charge in [-0.2, -0.15) is 0 Å². The maximum Gasteiger partial charge on any atom is 0.269 e. The largest absolute Gasteiger partial charge is 0.269 e. The van der Waals surface area contributed by atoms with E-state index in [0.29, 0.717) is 0 Å². The van der Waals surface area contributed by atoms with Crippen molar-refractivity contribution in [3.63, 3.8) is 0 Å². The lowest BCUT2D eigenvalue weighted by Gasteiger charge is -1.94. The van der Waals surface area contributed by atoms with Gasteiger partial charge in [0.15, 0.2) is 5.83 Å². The Labute approximate surface area is 72.5 Å². The maximum atomic E-state index is 12.5. The molecule has 1 aromatic rings. The molecule has 0 heterocycles. The number of hydrogen-bond acceptors (Lipinski definition) is 2. The molecule has 1 rings (SSSR count). The fourth-order valence-electron chi connectivity index (χ4n) is 0.805. The Bertz CT molecular complexity index is 346. The highest BCUT2D eigenvalue weighted by molar-refractivity contribution is 5.59. The van der Waals surface area contributed by atoms with Crippen molar-refractivity contribution in [1.82, 2.24) is 0 Å². The molecule has 13 heavy (non-hydrogen) atoms. The minimum atomic E-state index is -1.05. The Hall–Kier alpha value is -1.78. The molecule has 0 atom stereocenters. The molecule has 0 radical (unpaired) electrons. The monoisotopic (exact) mass is 185 g/mol. The van der Waals surface area contributed by atoms with Gasteiger partial charge in [-0.15, -0.1) is 0 Å². The quantitative estimate of drug-likeness (QED) is 0.525. The smallest absolute Gasteiger partial charge is 0.258 e. The first-order valence-electron chi connectivity index (χ1n) is 3.36. The van der Waals surface area contributed by atoms with Crippen LogP contribution in [0.2, 0.25) is 0 Å². The third-order valence-electron chi connectivity index (χ3n) is 1.45. The van der Waals surface area contributed by atoms with Gasteiger partial charge in [-0.25, -0.2) is 8.78 Å². The molecule has 0 unspecified atom stereocenters. The second kappa shape index (κ2) is 3.75. The number of non-ortho nitro benzene ring substituents is 1. The molecule has 0 aliphatic heterocycles. The molecule has 0 spiro atoms. The van der Waals surface area contributed by atoms with Crippen molar-refractivity contribution in [2.75, 3.05) is 0 Å². The van der Waals surface area contributed by atoms with Crippen molar-refractivity contribution in [3.8, 4) is 0 Å². The third kappa shape index (κ3) is 2.08. The van der Waals surface area contributed by atoms with E-state index in [1.54, 1.807) is 0 Å². The average Bonchev–Trinajstić information content (AvgIpc) is 2.17. The lowest BCUT2D eigenvalue weighted by Crippen LogP contribution is -1.87. The van der Waals surface area contributed by atoms with E-state index >= 15 is 0 Å². The van der Waals surface area contributed by atoms with Crippen molar-refractivity contribution in [2.45, 2.75) is 0 Å². The van der Waals surface area contributed by atoms with Gasteiger partial charge in [-0.1, -0.05) is 0 Å². The minimum absolute atomic E-state index is 0.0203. The Morgan fingerprint density at radius 3 is 2.31 bits per heavy atom. The zero-order chi connectivity index (χ0) is 9.84. The van der Waals surface area contributed by atoms with Gasteiger partial charge in [0.1, 0.15) is 6.33 Å². The molecule has 0 N–H and O–H groups in total. The highest BCUT2D eigenvalue weighted by Crippen LogP contribution is 2.19. The standard InChI is InChI=1S/C8H5F2NO2/c9-5-8(10)6-1-3-7(4-2-6)11(12)13/h1-5H/b8-5+. The molecule has 0 fully saturated rings. The second-order valence-corrected chi connectivity index (χ2v) is 2.26. The van der Waals surface area contributed by atoms with Crippen molar-refractivity contribution < 1.29 is 13.7 Å². The van der Waals surface area contributed by atoms with E-state index in [9.17, 15) is 18.9 Å². The number of nitro benzene ring substituents is 1. The molecular weight excluding hydrogens is 180 g/mol. The van der Waals surface area contributed by atoms with E-state index in [1.807, 2.05) is 0 Å². The molecule has 3 nitrogen and oxygen atoms in total. The van der Waals surface area contributed by atoms with Crippen molar-refractivity contribution in [3.05, 3.63) is 46.3 Å². The Morgan fingerprint density at radius 1 is 1.38 bits per heavy atom. The Balaban J connectivity index is 3.00. The molecule has 0 aliphatic rings. The number of benzene rings is 1. The molecule has 0 amide bonds. The van der Waals surface area contributed by atoms with Gasteiger partial charge in [0.25, 0.3) is 5.69 Å². The Morgan fingerprint density at radius 2 is 1.92 bits per heavy atom. The predicted molar refractivity (Wildman–Crippen MR) is 43.3 cm³/mol. The van der Waals surface area contributed by atoms with Gasteiger partial charge in [-0.3, -0.25) is 10.1 Å². The lowest BCUT2D eigenvalue weighted by molar-refractivity contribution is -0.384. The van der Waals surface area contributed by atoms with E-state index in [2.05, 4.69) is 0 Å². The van der Waals surface area contributed by atoms with E-state index in [1.165, 1.54) is 0 Å². The summed E-state index contributed by atoms with van der Waals surface area (Å²) in [5.41, 5.74) is -0.177. The summed E-state index contributed by atoms with van der Waals surface area (Å²) in [5.74, 6) is -1.05. The number of halogens is 2. The second-order valence-electron chi connectivity index (χ2n) is 2.26. The zero-order valence-electron chi connectivity index (χ0n) is 6.41. The van der Waals surface area contributed by atoms with E-state index in [4.69, 9.17) is 0 Å². The summed E-state index contributed by atoms with van der Waals surface area (Å²) in [6.07, 6.45) is -0.193. The zero-order valence-corrected chi connectivity index (χ0v) is 6.41. The van der Waals surface area contributed by atoms with Crippen molar-refractivity contribution >= 4 is 11.5 Å². The van der Waals surface area contributed by atoms with Crippen LogP contribution in [0.4, 0.5) is 14.5 Å². The minimum Gasteiger partial charge on any atom is -0.258 e. The van der Waals surface area contributed by atoms with Crippen LogP contribution < -0.4 is 0 Å². The van der Waals surface area contributed by atoms with Gasteiger partial charge in [0, 0.05) is 17.7 Å². The van der Waals surface area contributed by atoms with Gasteiger partial charge in [0.2, 0.25) is 0 Å². The van der Waals surface area contributed by atoms with Gasteiger partial charge >= 0.3 is 0 Å². The highest BCUT2D eigenvalue weighted by atomic mass is 19.2. The van der Waals surface area contributed by atoms with Crippen LogP contribution in [0.3, 0.4) is 0 Å². The van der Waals surface area contributed by atoms with Crippen LogP contribution in [-0.4, -0.2) is 4.92 Å². The molecule has 1 aromatic carbocycles. The summed E-state index contributed by atoms with van der Waals surface area (Å²) in [4.78, 5) is 9.56. The van der Waals surface area contributed by atoms with E-state index in [-0.39, 0.29) is 17.6 Å². The van der Waals surface area contributed by atoms with Gasteiger partial charge < -0.3 is 0 Å². The molecule has 68 valence electrons. The first kappa shape index (κ1) is 9.31. The fraction of sp³-hybridized carbons (Fsp3) is 0. The molecule has 0 aromatic heterocycles. The molecule has 5 heteroatoms. The number of nitrogens with zero attached hydrogens (tertiary/aromatic N) is 1. The maximum absolute atomic E-state index is 12.5. The summed E-state index contributed by atoms with van der Waals surface area (Å²) in [7, 11) is 0. The summed E-state index contributed by atoms with van der Waals surface area (Å²) < 4.78 is 24.2. The van der Waals surface area contributed by atoms with Crippen LogP contribution in [0.25, 0.3) is 5.83 Å². The SMILES string of the molecule is O=[N+]([O-])c1ccc(/C(F)=C\F)cc1. The third-order valence-corrected chi connectivity index (χ3v) is 1.45. The predicted octanol–water partition coefficient (Wildman–Crippen LogP) is 2.83. The lowest BCUT2D eigenvalue weighted by atomic mass is 10.2. The van der Waals surface area contributed by atoms with Crippen LogP contribution in [0.15, 0.2) is 30.6 Å². The summed E-state index contributed by atoms with van der Waals surface area (Å²) >= 11 is 0.